The van der Waals surface area contributed by atoms with Crippen molar-refractivity contribution >= 4 is 0 Å². The van der Waals surface area contributed by atoms with E-state index in [2.05, 4.69) is 28.2 Å². The van der Waals surface area contributed by atoms with Gasteiger partial charge in [0.15, 0.2) is 0 Å². The zero-order chi connectivity index (χ0) is 14.8. The van der Waals surface area contributed by atoms with E-state index in [4.69, 9.17) is 4.74 Å². The topological polar surface area (TPSA) is 34.1 Å². The highest BCUT2D eigenvalue weighted by atomic mass is 16.5. The molecule has 2 aliphatic rings. The second-order valence-corrected chi connectivity index (χ2v) is 5.77. The quantitative estimate of drug-likeness (QED) is 0.757. The molecule has 4 rings (SSSR count). The van der Waals surface area contributed by atoms with Gasteiger partial charge in [-0.05, 0) is 31.0 Å². The van der Waals surface area contributed by atoms with Crippen LogP contribution in [0.25, 0.3) is 0 Å². The number of benzene rings is 1. The molecule has 1 aliphatic carbocycles. The number of fused-ring (bicyclic) bond motifs is 3. The van der Waals surface area contributed by atoms with E-state index in [1.54, 1.807) is 0 Å². The molecule has 0 radical (unpaired) electrons. The maximum Gasteiger partial charge on any atom is 0.0996 e. The fourth-order valence-corrected chi connectivity index (χ4v) is 3.21. The minimum atomic E-state index is 0.128. The van der Waals surface area contributed by atoms with Gasteiger partial charge in [-0.2, -0.15) is 0 Å². The SMILES string of the molecule is C(#Cc1cnc2c(c1)[C@H]1OCCN[C@@H]1CC2)c1ccccc1. The molecule has 3 nitrogen and oxygen atoms in total. The van der Waals surface area contributed by atoms with Crippen LogP contribution in [0.3, 0.4) is 0 Å². The van der Waals surface area contributed by atoms with Crippen LogP contribution in [0.15, 0.2) is 42.6 Å². The van der Waals surface area contributed by atoms with Crippen molar-refractivity contribution in [3.8, 4) is 11.8 Å². The lowest BCUT2D eigenvalue weighted by atomic mass is 9.87. The number of aryl methyl sites for hydroxylation is 1. The first-order valence-electron chi connectivity index (χ1n) is 7.81. The van der Waals surface area contributed by atoms with Crippen LogP contribution >= 0.6 is 0 Å². The van der Waals surface area contributed by atoms with Crippen LogP contribution in [0.1, 0.15) is 34.9 Å². The monoisotopic (exact) mass is 290 g/mol. The van der Waals surface area contributed by atoms with Crippen molar-refractivity contribution in [1.82, 2.24) is 10.3 Å². The van der Waals surface area contributed by atoms with Crippen LogP contribution < -0.4 is 5.32 Å². The van der Waals surface area contributed by atoms with Crippen LogP contribution in [-0.4, -0.2) is 24.2 Å². The first-order valence-corrected chi connectivity index (χ1v) is 7.81. The van der Waals surface area contributed by atoms with E-state index in [9.17, 15) is 0 Å². The maximum atomic E-state index is 5.98. The summed E-state index contributed by atoms with van der Waals surface area (Å²) in [5.41, 5.74) is 4.35. The van der Waals surface area contributed by atoms with Gasteiger partial charge in [0.25, 0.3) is 0 Å². The Balaban J connectivity index is 1.65. The van der Waals surface area contributed by atoms with Crippen LogP contribution in [0.2, 0.25) is 0 Å². The lowest BCUT2D eigenvalue weighted by Crippen LogP contribution is -2.46. The van der Waals surface area contributed by atoms with Crippen molar-refractivity contribution in [2.45, 2.75) is 25.0 Å². The molecular weight excluding hydrogens is 272 g/mol. The lowest BCUT2D eigenvalue weighted by molar-refractivity contribution is -0.0132. The normalized spacial score (nSPS) is 22.9. The standard InChI is InChI=1S/C19H18N2O/c1-2-4-14(5-3-1)6-7-15-12-16-17(21-13-15)8-9-18-19(16)22-11-10-20-18/h1-5,12-13,18-20H,8-11H2/t18-,19-/m1/s1. The molecule has 0 amide bonds. The van der Waals surface area contributed by atoms with E-state index in [1.165, 1.54) is 5.56 Å². The minimum Gasteiger partial charge on any atom is -0.371 e. The minimum absolute atomic E-state index is 0.128. The van der Waals surface area contributed by atoms with Crippen LogP contribution in [-0.2, 0) is 11.2 Å². The predicted octanol–water partition coefficient (Wildman–Crippen LogP) is 2.46. The number of pyridine rings is 1. The molecule has 0 bridgehead atoms. The van der Waals surface area contributed by atoms with E-state index in [0.29, 0.717) is 6.04 Å². The first-order chi connectivity index (χ1) is 10.9. The first kappa shape index (κ1) is 13.5. The molecule has 3 heteroatoms. The van der Waals surface area contributed by atoms with Crippen molar-refractivity contribution in [1.29, 1.82) is 0 Å². The summed E-state index contributed by atoms with van der Waals surface area (Å²) in [6.45, 7) is 1.71. The molecule has 110 valence electrons. The number of morpholine rings is 1. The van der Waals surface area contributed by atoms with Gasteiger partial charge in [-0.25, -0.2) is 0 Å². The zero-order valence-corrected chi connectivity index (χ0v) is 12.4. The van der Waals surface area contributed by atoms with Crippen molar-refractivity contribution < 1.29 is 4.74 Å². The molecule has 2 atom stereocenters. The van der Waals surface area contributed by atoms with Gasteiger partial charge >= 0.3 is 0 Å². The number of aromatic nitrogens is 1. The summed E-state index contributed by atoms with van der Waals surface area (Å²) in [6, 6.07) is 12.6. The summed E-state index contributed by atoms with van der Waals surface area (Å²) in [5.74, 6) is 6.41. The van der Waals surface area contributed by atoms with Crippen molar-refractivity contribution in [2.75, 3.05) is 13.2 Å². The summed E-state index contributed by atoms with van der Waals surface area (Å²) in [7, 11) is 0. The highest BCUT2D eigenvalue weighted by Gasteiger charge is 2.33. The molecule has 1 N–H and O–H groups in total. The number of nitrogens with one attached hydrogen (secondary N) is 1. The average Bonchev–Trinajstić information content (AvgIpc) is 2.60. The van der Waals surface area contributed by atoms with Crippen LogP contribution in [0.5, 0.6) is 0 Å². The summed E-state index contributed by atoms with van der Waals surface area (Å²) in [6.07, 6.45) is 4.12. The Morgan fingerprint density at radius 2 is 2.00 bits per heavy atom. The molecular formula is C19H18N2O. The number of hydrogen-bond acceptors (Lipinski definition) is 3. The van der Waals surface area contributed by atoms with E-state index < -0.39 is 0 Å². The molecule has 2 heterocycles. The second kappa shape index (κ2) is 5.92. The van der Waals surface area contributed by atoms with E-state index in [-0.39, 0.29) is 6.10 Å². The third-order valence-corrected chi connectivity index (χ3v) is 4.30. The van der Waals surface area contributed by atoms with Gasteiger partial charge in [-0.1, -0.05) is 30.0 Å². The van der Waals surface area contributed by atoms with Crippen LogP contribution in [0, 0.1) is 11.8 Å². The number of nitrogens with zero attached hydrogens (tertiary/aromatic N) is 1. The summed E-state index contributed by atoms with van der Waals surface area (Å²) in [4.78, 5) is 4.61. The van der Waals surface area contributed by atoms with Crippen molar-refractivity contribution in [2.24, 2.45) is 0 Å². The molecule has 0 spiro atoms. The van der Waals surface area contributed by atoms with Gasteiger partial charge in [0.2, 0.25) is 0 Å². The Morgan fingerprint density at radius 3 is 2.91 bits per heavy atom. The molecule has 1 aliphatic heterocycles. The molecule has 2 aromatic rings. The van der Waals surface area contributed by atoms with E-state index >= 15 is 0 Å². The summed E-state index contributed by atoms with van der Waals surface area (Å²) >= 11 is 0. The molecule has 1 fully saturated rings. The Morgan fingerprint density at radius 1 is 1.14 bits per heavy atom. The zero-order valence-electron chi connectivity index (χ0n) is 12.4. The number of hydrogen-bond donors (Lipinski definition) is 1. The Kier molecular flexibility index (Phi) is 3.64. The maximum absolute atomic E-state index is 5.98. The smallest absolute Gasteiger partial charge is 0.0996 e. The molecule has 22 heavy (non-hydrogen) atoms. The van der Waals surface area contributed by atoms with Gasteiger partial charge in [0, 0.05) is 41.2 Å². The second-order valence-electron chi connectivity index (χ2n) is 5.77. The van der Waals surface area contributed by atoms with Gasteiger partial charge in [0.05, 0.1) is 12.7 Å². The van der Waals surface area contributed by atoms with Gasteiger partial charge in [-0.3, -0.25) is 4.98 Å². The molecule has 1 aromatic heterocycles. The Bertz CT molecular complexity index is 730. The fraction of sp³-hybridized carbons (Fsp3) is 0.316. The third-order valence-electron chi connectivity index (χ3n) is 4.30. The lowest BCUT2D eigenvalue weighted by Gasteiger charge is -2.37. The molecule has 0 unspecified atom stereocenters. The number of ether oxygens (including phenoxy) is 1. The highest BCUT2D eigenvalue weighted by molar-refractivity contribution is 5.44. The van der Waals surface area contributed by atoms with Crippen LogP contribution in [0.4, 0.5) is 0 Å². The van der Waals surface area contributed by atoms with Gasteiger partial charge in [-0.15, -0.1) is 0 Å². The summed E-state index contributed by atoms with van der Waals surface area (Å²) in [5, 5.41) is 3.55. The van der Waals surface area contributed by atoms with Crippen molar-refractivity contribution in [3.05, 3.63) is 65.0 Å². The fourth-order valence-electron chi connectivity index (χ4n) is 3.21. The largest absolute Gasteiger partial charge is 0.371 e. The van der Waals surface area contributed by atoms with Gasteiger partial charge < -0.3 is 10.1 Å². The van der Waals surface area contributed by atoms with E-state index in [0.717, 1.165) is 42.8 Å². The average molecular weight is 290 g/mol. The van der Waals surface area contributed by atoms with E-state index in [1.807, 2.05) is 36.5 Å². The molecule has 0 saturated carbocycles. The number of rotatable bonds is 0. The summed E-state index contributed by atoms with van der Waals surface area (Å²) < 4.78 is 5.98. The Hall–Kier alpha value is -2.15. The van der Waals surface area contributed by atoms with Gasteiger partial charge in [0.1, 0.15) is 0 Å². The molecule has 1 aromatic carbocycles. The van der Waals surface area contributed by atoms with Crippen molar-refractivity contribution in [3.63, 3.8) is 0 Å². The molecule has 1 saturated heterocycles. The Labute approximate surface area is 130 Å². The predicted molar refractivity (Wildman–Crippen MR) is 85.5 cm³/mol. The third kappa shape index (κ3) is 2.64. The highest BCUT2D eigenvalue weighted by Crippen LogP contribution is 2.33.